The summed E-state index contributed by atoms with van der Waals surface area (Å²) in [5.74, 6) is 1.46. The Hall–Kier alpha value is -2.15. The second-order valence-electron chi connectivity index (χ2n) is 11.5. The zero-order valence-corrected chi connectivity index (χ0v) is 20.6. The van der Waals surface area contributed by atoms with Gasteiger partial charge in [-0.2, -0.15) is 0 Å². The Balaban J connectivity index is 1.54. The molecule has 2 saturated carbocycles. The molecule has 1 nitrogen and oxygen atoms in total. The molecule has 2 aliphatic rings. The van der Waals surface area contributed by atoms with Crippen LogP contribution in [0, 0.1) is 12.3 Å². The van der Waals surface area contributed by atoms with E-state index in [1.165, 1.54) is 85.4 Å². The zero-order chi connectivity index (χ0) is 22.3. The van der Waals surface area contributed by atoms with Crippen LogP contribution in [0.3, 0.4) is 0 Å². The fourth-order valence-corrected chi connectivity index (χ4v) is 6.30. The first-order chi connectivity index (χ1) is 15.4. The van der Waals surface area contributed by atoms with E-state index >= 15 is 0 Å². The highest BCUT2D eigenvalue weighted by atomic mass is 14.9. The van der Waals surface area contributed by atoms with Crippen LogP contribution in [0.1, 0.15) is 100 Å². The number of nitrogens with zero attached hydrogens (tertiary/aromatic N) is 1. The Labute approximate surface area is 194 Å². The smallest absolute Gasteiger partial charge is 0.200 e. The van der Waals surface area contributed by atoms with Crippen LogP contribution in [-0.2, 0) is 7.05 Å². The molecule has 0 atom stereocenters. The van der Waals surface area contributed by atoms with E-state index in [1.54, 1.807) is 11.1 Å². The van der Waals surface area contributed by atoms with Crippen molar-refractivity contribution in [2.45, 2.75) is 90.4 Å². The molecule has 0 radical (unpaired) electrons. The highest BCUT2D eigenvalue weighted by Crippen LogP contribution is 2.43. The molecule has 5 rings (SSSR count). The molecule has 0 spiro atoms. The number of aromatic nitrogens is 1. The van der Waals surface area contributed by atoms with Crippen molar-refractivity contribution >= 4 is 10.8 Å². The highest BCUT2D eigenvalue weighted by Gasteiger charge is 2.28. The number of benzene rings is 2. The van der Waals surface area contributed by atoms with Gasteiger partial charge in [-0.1, -0.05) is 57.4 Å². The third-order valence-corrected chi connectivity index (χ3v) is 8.57. The van der Waals surface area contributed by atoms with E-state index < -0.39 is 0 Å². The van der Waals surface area contributed by atoms with E-state index in [0.29, 0.717) is 5.41 Å². The molecule has 0 aliphatic heterocycles. The average molecular weight is 427 g/mol. The lowest BCUT2D eigenvalue weighted by molar-refractivity contribution is -0.659. The van der Waals surface area contributed by atoms with Crippen molar-refractivity contribution in [3.63, 3.8) is 0 Å². The van der Waals surface area contributed by atoms with E-state index in [-0.39, 0.29) is 0 Å². The van der Waals surface area contributed by atoms with Crippen molar-refractivity contribution in [2.75, 3.05) is 0 Å². The quantitative estimate of drug-likeness (QED) is 0.370. The summed E-state index contributed by atoms with van der Waals surface area (Å²) in [4.78, 5) is 0. The van der Waals surface area contributed by atoms with Gasteiger partial charge in [-0.3, -0.25) is 0 Å². The molecule has 2 aliphatic carbocycles. The maximum atomic E-state index is 2.51. The van der Waals surface area contributed by atoms with Crippen LogP contribution in [0.4, 0.5) is 0 Å². The maximum Gasteiger partial charge on any atom is 0.220 e. The van der Waals surface area contributed by atoms with E-state index in [4.69, 9.17) is 0 Å². The Morgan fingerprint density at radius 1 is 0.781 bits per heavy atom. The minimum atomic E-state index is 0.523. The van der Waals surface area contributed by atoms with Crippen molar-refractivity contribution in [3.8, 4) is 11.3 Å². The predicted molar refractivity (Wildman–Crippen MR) is 136 cm³/mol. The number of fused-ring (bicyclic) bond motifs is 1. The van der Waals surface area contributed by atoms with Crippen LogP contribution in [0.25, 0.3) is 22.0 Å². The first-order valence-corrected chi connectivity index (χ1v) is 12.9. The maximum absolute atomic E-state index is 2.51. The molecule has 0 saturated heterocycles. The molecule has 1 heteroatoms. The minimum Gasteiger partial charge on any atom is -0.200 e. The minimum absolute atomic E-state index is 0.523. The predicted octanol–water partition coefficient (Wildman–Crippen LogP) is 8.37. The van der Waals surface area contributed by atoms with Crippen molar-refractivity contribution < 1.29 is 4.57 Å². The molecule has 168 valence electrons. The van der Waals surface area contributed by atoms with Gasteiger partial charge < -0.3 is 0 Å². The zero-order valence-electron chi connectivity index (χ0n) is 20.6. The van der Waals surface area contributed by atoms with Crippen LogP contribution in [-0.4, -0.2) is 0 Å². The normalized spacial score (nSPS) is 20.0. The summed E-state index contributed by atoms with van der Waals surface area (Å²) in [5.41, 5.74) is 7.77. The Morgan fingerprint density at radius 2 is 1.44 bits per heavy atom. The Kier molecular flexibility index (Phi) is 5.86. The molecule has 0 unspecified atom stereocenters. The van der Waals surface area contributed by atoms with Gasteiger partial charge in [0.25, 0.3) is 0 Å². The molecule has 32 heavy (non-hydrogen) atoms. The summed E-state index contributed by atoms with van der Waals surface area (Å²) in [6.45, 7) is 7.14. The van der Waals surface area contributed by atoms with Crippen LogP contribution in [0.2, 0.25) is 0 Å². The molecule has 1 aromatic heterocycles. The van der Waals surface area contributed by atoms with Crippen LogP contribution in [0.5, 0.6) is 0 Å². The van der Waals surface area contributed by atoms with Gasteiger partial charge in [0, 0.05) is 11.6 Å². The van der Waals surface area contributed by atoms with Gasteiger partial charge in [-0.05, 0) is 96.9 Å². The first kappa shape index (κ1) is 21.7. The molecule has 2 aromatic carbocycles. The molecule has 2 fully saturated rings. The second-order valence-corrected chi connectivity index (χ2v) is 11.5. The Morgan fingerprint density at radius 3 is 2.19 bits per heavy atom. The Bertz CT molecular complexity index is 1110. The summed E-state index contributed by atoms with van der Waals surface area (Å²) < 4.78 is 2.33. The standard InChI is InChI=1S/C31H40N/c1-22-10-11-26(23-8-6-5-7-9-23)21-29(22)30-28-13-12-25(20-27(28)16-19-32(30)4)24-14-17-31(2,3)18-15-24/h10-13,16,19-21,23-24H,5-9,14-15,17-18H2,1-4H3/q+1. The fraction of sp³-hybridized carbons (Fsp3) is 0.516. The molecule has 3 aromatic rings. The van der Waals surface area contributed by atoms with Crippen LogP contribution >= 0.6 is 0 Å². The summed E-state index contributed by atoms with van der Waals surface area (Å²) in [5, 5.41) is 2.78. The average Bonchev–Trinajstić information content (AvgIpc) is 2.80. The number of hydrogen-bond donors (Lipinski definition) is 0. The molecular formula is C31H40N+. The molecule has 0 amide bonds. The number of pyridine rings is 1. The van der Waals surface area contributed by atoms with Crippen molar-refractivity contribution in [2.24, 2.45) is 12.5 Å². The first-order valence-electron chi connectivity index (χ1n) is 12.9. The van der Waals surface area contributed by atoms with Gasteiger partial charge in [0.15, 0.2) is 6.20 Å². The van der Waals surface area contributed by atoms with E-state index in [0.717, 1.165) is 11.8 Å². The van der Waals surface area contributed by atoms with Gasteiger partial charge in [0.1, 0.15) is 7.05 Å². The summed E-state index contributed by atoms with van der Waals surface area (Å²) in [6.07, 6.45) is 14.5. The third-order valence-electron chi connectivity index (χ3n) is 8.57. The monoisotopic (exact) mass is 426 g/mol. The van der Waals surface area contributed by atoms with Gasteiger partial charge in [0.2, 0.25) is 5.69 Å². The van der Waals surface area contributed by atoms with Gasteiger partial charge >= 0.3 is 0 Å². The fourth-order valence-electron chi connectivity index (χ4n) is 6.30. The van der Waals surface area contributed by atoms with Crippen molar-refractivity contribution in [1.82, 2.24) is 0 Å². The molecule has 0 N–H and O–H groups in total. The second kappa shape index (κ2) is 8.65. The topological polar surface area (TPSA) is 3.88 Å². The highest BCUT2D eigenvalue weighted by molar-refractivity contribution is 5.94. The lowest BCUT2D eigenvalue weighted by Gasteiger charge is -2.34. The molecule has 1 heterocycles. The third kappa shape index (κ3) is 4.24. The van der Waals surface area contributed by atoms with E-state index in [1.807, 2.05) is 0 Å². The lowest BCUT2D eigenvalue weighted by atomic mass is 9.71. The summed E-state index contributed by atoms with van der Waals surface area (Å²) >= 11 is 0. The van der Waals surface area contributed by atoms with Gasteiger partial charge in [0.05, 0.1) is 5.39 Å². The van der Waals surface area contributed by atoms with Gasteiger partial charge in [-0.15, -0.1) is 0 Å². The molecular weight excluding hydrogens is 386 g/mol. The summed E-state index contributed by atoms with van der Waals surface area (Å²) in [7, 11) is 2.21. The lowest BCUT2D eigenvalue weighted by Crippen LogP contribution is -2.30. The van der Waals surface area contributed by atoms with Crippen LogP contribution < -0.4 is 4.57 Å². The van der Waals surface area contributed by atoms with Crippen molar-refractivity contribution in [1.29, 1.82) is 0 Å². The van der Waals surface area contributed by atoms with E-state index in [2.05, 4.69) is 81.0 Å². The van der Waals surface area contributed by atoms with E-state index in [9.17, 15) is 0 Å². The molecule has 0 bridgehead atoms. The van der Waals surface area contributed by atoms with Crippen LogP contribution in [0.15, 0.2) is 48.7 Å². The largest absolute Gasteiger partial charge is 0.220 e. The number of hydrogen-bond acceptors (Lipinski definition) is 0. The SMILES string of the molecule is Cc1ccc(C2CCCCC2)cc1-c1c2ccc(C3CCC(C)(C)CC3)cc2cc[n+]1C. The number of rotatable bonds is 3. The van der Waals surface area contributed by atoms with Gasteiger partial charge in [-0.25, -0.2) is 4.57 Å². The summed E-state index contributed by atoms with van der Waals surface area (Å²) in [6, 6.07) is 16.9. The number of aryl methyl sites for hydroxylation is 2. The van der Waals surface area contributed by atoms with Crippen molar-refractivity contribution in [3.05, 3.63) is 65.4 Å².